The number of hydrogen-bond donors (Lipinski definition) is 1. The molecular formula is C21H36N6. The fourth-order valence-electron chi connectivity index (χ4n) is 3.56. The first kappa shape index (κ1) is 21.5. The summed E-state index contributed by atoms with van der Waals surface area (Å²) < 4.78 is 1.92. The third kappa shape index (κ3) is 5.36. The molecule has 150 valence electrons. The molecule has 0 aliphatic carbocycles. The van der Waals surface area contributed by atoms with Crippen molar-refractivity contribution in [2.45, 2.75) is 67.0 Å². The zero-order valence-electron chi connectivity index (χ0n) is 18.0. The van der Waals surface area contributed by atoms with E-state index in [9.17, 15) is 0 Å². The van der Waals surface area contributed by atoms with Gasteiger partial charge in [0, 0.05) is 6.04 Å². The van der Waals surface area contributed by atoms with Gasteiger partial charge in [0.05, 0.1) is 11.7 Å². The molecule has 0 radical (unpaired) electrons. The molecule has 1 N–H and O–H groups in total. The molecule has 1 aromatic heterocycles. The van der Waals surface area contributed by atoms with E-state index < -0.39 is 0 Å². The summed E-state index contributed by atoms with van der Waals surface area (Å²) in [6.07, 6.45) is 1.11. The highest BCUT2D eigenvalue weighted by molar-refractivity contribution is 5.46. The van der Waals surface area contributed by atoms with E-state index >= 15 is 0 Å². The van der Waals surface area contributed by atoms with Gasteiger partial charge in [-0.05, 0) is 74.3 Å². The van der Waals surface area contributed by atoms with Gasteiger partial charge < -0.3 is 10.2 Å². The summed E-state index contributed by atoms with van der Waals surface area (Å²) in [6, 6.07) is 6.79. The number of para-hydroxylation sites is 1. The summed E-state index contributed by atoms with van der Waals surface area (Å²) >= 11 is 0. The average molecular weight is 373 g/mol. The Bertz CT molecular complexity index is 684. The fourth-order valence-corrected chi connectivity index (χ4v) is 3.56. The van der Waals surface area contributed by atoms with Crippen molar-refractivity contribution in [3.05, 3.63) is 35.2 Å². The standard InChI is InChI=1S/C21H36N6/c1-8-26(9-2)14-13-18(7)22-19(15(3)4)21-23-24-25-27(21)20-16(5)11-10-12-17(20)6/h10-12,15,18-19,22H,8-9,13-14H2,1-7H3. The first-order valence-electron chi connectivity index (χ1n) is 10.2. The van der Waals surface area contributed by atoms with Gasteiger partial charge >= 0.3 is 0 Å². The lowest BCUT2D eigenvalue weighted by atomic mass is 10.0. The van der Waals surface area contributed by atoms with Crippen molar-refractivity contribution in [1.82, 2.24) is 30.4 Å². The quantitative estimate of drug-likeness (QED) is 0.689. The molecule has 0 spiro atoms. The number of benzene rings is 1. The van der Waals surface area contributed by atoms with Crippen LogP contribution in [0, 0.1) is 19.8 Å². The van der Waals surface area contributed by atoms with Crippen molar-refractivity contribution >= 4 is 0 Å². The Morgan fingerprint density at radius 3 is 2.26 bits per heavy atom. The summed E-state index contributed by atoms with van der Waals surface area (Å²) in [5, 5.41) is 16.5. The Labute approximate surface area is 164 Å². The van der Waals surface area contributed by atoms with Crippen LogP contribution in [0.25, 0.3) is 5.69 Å². The predicted octanol–water partition coefficient (Wildman–Crippen LogP) is 3.69. The molecule has 2 rings (SSSR count). The highest BCUT2D eigenvalue weighted by atomic mass is 15.5. The van der Waals surface area contributed by atoms with Crippen molar-refractivity contribution in [3.63, 3.8) is 0 Å². The molecule has 0 saturated carbocycles. The van der Waals surface area contributed by atoms with Crippen LogP contribution >= 0.6 is 0 Å². The minimum Gasteiger partial charge on any atom is -0.304 e. The van der Waals surface area contributed by atoms with Crippen molar-refractivity contribution in [2.75, 3.05) is 19.6 Å². The fraction of sp³-hybridized carbons (Fsp3) is 0.667. The van der Waals surface area contributed by atoms with Crippen LogP contribution in [0.3, 0.4) is 0 Å². The highest BCUT2D eigenvalue weighted by Gasteiger charge is 2.25. The number of hydrogen-bond acceptors (Lipinski definition) is 5. The van der Waals surface area contributed by atoms with Crippen LogP contribution < -0.4 is 5.32 Å². The second-order valence-corrected chi connectivity index (χ2v) is 7.79. The number of tetrazole rings is 1. The van der Waals surface area contributed by atoms with Crippen molar-refractivity contribution in [3.8, 4) is 5.69 Å². The van der Waals surface area contributed by atoms with Crippen LogP contribution in [0.2, 0.25) is 0 Å². The third-order valence-electron chi connectivity index (χ3n) is 5.33. The first-order valence-corrected chi connectivity index (χ1v) is 10.2. The lowest BCUT2D eigenvalue weighted by molar-refractivity contribution is 0.268. The van der Waals surface area contributed by atoms with Gasteiger partial charge in [-0.1, -0.05) is 45.9 Å². The smallest absolute Gasteiger partial charge is 0.173 e. The maximum atomic E-state index is 4.41. The second-order valence-electron chi connectivity index (χ2n) is 7.79. The molecule has 1 heterocycles. The summed E-state index contributed by atoms with van der Waals surface area (Å²) in [7, 11) is 0. The molecule has 0 amide bonds. The zero-order chi connectivity index (χ0) is 20.0. The van der Waals surface area contributed by atoms with E-state index in [4.69, 9.17) is 0 Å². The predicted molar refractivity (Wildman–Crippen MR) is 111 cm³/mol. The average Bonchev–Trinajstić information content (AvgIpc) is 3.09. The number of nitrogens with one attached hydrogen (secondary N) is 1. The van der Waals surface area contributed by atoms with Crippen LogP contribution in [-0.4, -0.2) is 50.8 Å². The van der Waals surface area contributed by atoms with Crippen LogP contribution in [-0.2, 0) is 0 Å². The SMILES string of the molecule is CCN(CC)CCC(C)NC(c1nnnn1-c1c(C)cccc1C)C(C)C. The molecule has 0 aliphatic rings. The molecular weight excluding hydrogens is 336 g/mol. The molecule has 0 fully saturated rings. The van der Waals surface area contributed by atoms with E-state index in [0.29, 0.717) is 12.0 Å². The van der Waals surface area contributed by atoms with Crippen LogP contribution in [0.5, 0.6) is 0 Å². The van der Waals surface area contributed by atoms with E-state index in [1.54, 1.807) is 0 Å². The van der Waals surface area contributed by atoms with Crippen LogP contribution in [0.1, 0.15) is 64.0 Å². The molecule has 2 aromatic rings. The number of rotatable bonds is 10. The highest BCUT2D eigenvalue weighted by Crippen LogP contribution is 2.25. The molecule has 6 nitrogen and oxygen atoms in total. The Morgan fingerprint density at radius 1 is 1.07 bits per heavy atom. The number of aromatic nitrogens is 4. The maximum Gasteiger partial charge on any atom is 0.173 e. The van der Waals surface area contributed by atoms with E-state index in [2.05, 4.69) is 92.4 Å². The molecule has 1 aromatic carbocycles. The molecule has 0 bridgehead atoms. The first-order chi connectivity index (χ1) is 12.9. The normalized spacial score (nSPS) is 14.1. The summed E-state index contributed by atoms with van der Waals surface area (Å²) in [4.78, 5) is 2.46. The number of aryl methyl sites for hydroxylation is 2. The molecule has 0 aliphatic heterocycles. The molecule has 2 unspecified atom stereocenters. The molecule has 6 heteroatoms. The maximum absolute atomic E-state index is 4.41. The minimum atomic E-state index is 0.103. The number of nitrogens with zero attached hydrogens (tertiary/aromatic N) is 5. The van der Waals surface area contributed by atoms with E-state index in [1.165, 1.54) is 11.1 Å². The molecule has 27 heavy (non-hydrogen) atoms. The van der Waals surface area contributed by atoms with Gasteiger partial charge in [-0.25, -0.2) is 0 Å². The minimum absolute atomic E-state index is 0.103. The van der Waals surface area contributed by atoms with Gasteiger partial charge in [-0.15, -0.1) is 5.10 Å². The van der Waals surface area contributed by atoms with E-state index in [-0.39, 0.29) is 6.04 Å². The van der Waals surface area contributed by atoms with Gasteiger partial charge in [-0.3, -0.25) is 0 Å². The van der Waals surface area contributed by atoms with Gasteiger partial charge in [0.1, 0.15) is 0 Å². The van der Waals surface area contributed by atoms with Crippen molar-refractivity contribution in [2.24, 2.45) is 5.92 Å². The summed E-state index contributed by atoms with van der Waals surface area (Å²) in [6.45, 7) is 18.7. The van der Waals surface area contributed by atoms with Crippen LogP contribution in [0.4, 0.5) is 0 Å². The van der Waals surface area contributed by atoms with E-state index in [0.717, 1.165) is 37.6 Å². The van der Waals surface area contributed by atoms with Gasteiger partial charge in [0.2, 0.25) is 0 Å². The third-order valence-corrected chi connectivity index (χ3v) is 5.33. The zero-order valence-corrected chi connectivity index (χ0v) is 18.0. The van der Waals surface area contributed by atoms with Gasteiger partial charge in [-0.2, -0.15) is 4.68 Å². The van der Waals surface area contributed by atoms with E-state index in [1.807, 2.05) is 4.68 Å². The second kappa shape index (κ2) is 9.95. The molecule has 2 atom stereocenters. The van der Waals surface area contributed by atoms with Crippen LogP contribution in [0.15, 0.2) is 18.2 Å². The van der Waals surface area contributed by atoms with Crippen molar-refractivity contribution in [1.29, 1.82) is 0 Å². The summed E-state index contributed by atoms with van der Waals surface area (Å²) in [5.74, 6) is 1.27. The van der Waals surface area contributed by atoms with Gasteiger partial charge in [0.25, 0.3) is 0 Å². The lowest BCUT2D eigenvalue weighted by Crippen LogP contribution is -2.38. The molecule has 0 saturated heterocycles. The lowest BCUT2D eigenvalue weighted by Gasteiger charge is -2.27. The Balaban J connectivity index is 2.22. The Kier molecular flexibility index (Phi) is 7.92. The van der Waals surface area contributed by atoms with Gasteiger partial charge in [0.15, 0.2) is 5.82 Å². The Morgan fingerprint density at radius 2 is 1.70 bits per heavy atom. The Hall–Kier alpha value is -1.79. The monoisotopic (exact) mass is 372 g/mol. The topological polar surface area (TPSA) is 58.9 Å². The summed E-state index contributed by atoms with van der Waals surface area (Å²) in [5.41, 5.74) is 3.45. The largest absolute Gasteiger partial charge is 0.304 e. The van der Waals surface area contributed by atoms with Crippen molar-refractivity contribution < 1.29 is 0 Å².